The molecule has 0 saturated heterocycles. The van der Waals surface area contributed by atoms with Gasteiger partial charge in [0.2, 0.25) is 0 Å². The lowest BCUT2D eigenvalue weighted by Crippen LogP contribution is -2.28. The zero-order valence-electron chi connectivity index (χ0n) is 9.40. The zero-order chi connectivity index (χ0) is 11.0. The van der Waals surface area contributed by atoms with E-state index in [1.165, 1.54) is 16.8 Å². The first kappa shape index (κ1) is 9.60. The molecule has 2 aromatic rings. The Bertz CT molecular complexity index is 514. The topological polar surface area (TPSA) is 29.9 Å². The molecule has 0 atom stereocenters. The van der Waals surface area contributed by atoms with Crippen LogP contribution in [0.4, 0.5) is 0 Å². The van der Waals surface area contributed by atoms with E-state index in [0.29, 0.717) is 0 Å². The van der Waals surface area contributed by atoms with Crippen LogP contribution in [0, 0.1) is 6.92 Å². The van der Waals surface area contributed by atoms with Gasteiger partial charge in [0, 0.05) is 25.2 Å². The number of aromatic nitrogens is 2. The molecule has 1 aromatic carbocycles. The van der Waals surface area contributed by atoms with E-state index in [0.717, 1.165) is 25.5 Å². The molecule has 82 valence electrons. The van der Waals surface area contributed by atoms with Gasteiger partial charge in [0.15, 0.2) is 0 Å². The molecular formula is C13H15N3. The first-order valence-electron chi connectivity index (χ1n) is 5.67. The molecule has 16 heavy (non-hydrogen) atoms. The third kappa shape index (κ3) is 1.44. The summed E-state index contributed by atoms with van der Waals surface area (Å²) in [6.45, 7) is 5.11. The molecule has 0 saturated carbocycles. The second-order valence-electron chi connectivity index (χ2n) is 4.22. The standard InChI is InChI=1S/C13H15N3/c1-10-4-2-3-5-12(10)13-15-9-11-8-14-6-7-16(11)13/h2-5,9,14H,6-8H2,1H3. The van der Waals surface area contributed by atoms with Crippen molar-refractivity contribution in [3.63, 3.8) is 0 Å². The highest BCUT2D eigenvalue weighted by Gasteiger charge is 2.15. The fraction of sp³-hybridized carbons (Fsp3) is 0.308. The Morgan fingerprint density at radius 1 is 1.31 bits per heavy atom. The summed E-state index contributed by atoms with van der Waals surface area (Å²) in [5.74, 6) is 1.11. The van der Waals surface area contributed by atoms with E-state index >= 15 is 0 Å². The number of aryl methyl sites for hydroxylation is 1. The van der Waals surface area contributed by atoms with E-state index in [9.17, 15) is 0 Å². The molecule has 1 aliphatic heterocycles. The van der Waals surface area contributed by atoms with Crippen molar-refractivity contribution >= 4 is 0 Å². The van der Waals surface area contributed by atoms with Gasteiger partial charge in [-0.2, -0.15) is 0 Å². The molecule has 1 aromatic heterocycles. The number of nitrogens with one attached hydrogen (secondary N) is 1. The molecule has 1 aliphatic rings. The number of benzene rings is 1. The van der Waals surface area contributed by atoms with Crippen LogP contribution >= 0.6 is 0 Å². The summed E-state index contributed by atoms with van der Waals surface area (Å²) in [4.78, 5) is 4.55. The van der Waals surface area contributed by atoms with Gasteiger partial charge in [0.1, 0.15) is 5.82 Å². The molecule has 3 nitrogen and oxygen atoms in total. The van der Waals surface area contributed by atoms with E-state index in [-0.39, 0.29) is 0 Å². The summed E-state index contributed by atoms with van der Waals surface area (Å²) in [5.41, 5.74) is 3.81. The second-order valence-corrected chi connectivity index (χ2v) is 4.22. The lowest BCUT2D eigenvalue weighted by Gasteiger charge is -2.18. The minimum absolute atomic E-state index is 0.929. The molecule has 0 aliphatic carbocycles. The second kappa shape index (κ2) is 3.76. The molecule has 0 spiro atoms. The fourth-order valence-electron chi connectivity index (χ4n) is 2.25. The van der Waals surface area contributed by atoms with Crippen molar-refractivity contribution in [3.05, 3.63) is 41.7 Å². The lowest BCUT2D eigenvalue weighted by molar-refractivity contribution is 0.519. The van der Waals surface area contributed by atoms with Crippen LogP contribution < -0.4 is 5.32 Å². The average Bonchev–Trinajstić information content (AvgIpc) is 2.74. The van der Waals surface area contributed by atoms with E-state index in [1.54, 1.807) is 0 Å². The molecule has 0 unspecified atom stereocenters. The van der Waals surface area contributed by atoms with Gasteiger partial charge in [-0.15, -0.1) is 0 Å². The van der Waals surface area contributed by atoms with Crippen molar-refractivity contribution in [3.8, 4) is 11.4 Å². The van der Waals surface area contributed by atoms with E-state index in [4.69, 9.17) is 0 Å². The first-order valence-corrected chi connectivity index (χ1v) is 5.67. The highest BCUT2D eigenvalue weighted by atomic mass is 15.1. The van der Waals surface area contributed by atoms with Gasteiger partial charge in [-0.3, -0.25) is 0 Å². The number of rotatable bonds is 1. The van der Waals surface area contributed by atoms with Crippen LogP contribution in [0.2, 0.25) is 0 Å². The summed E-state index contributed by atoms with van der Waals surface area (Å²) >= 11 is 0. The molecule has 1 N–H and O–H groups in total. The van der Waals surface area contributed by atoms with Gasteiger partial charge in [0.05, 0.1) is 11.9 Å². The number of hydrogen-bond acceptors (Lipinski definition) is 2. The van der Waals surface area contributed by atoms with Crippen LogP contribution in [-0.2, 0) is 13.1 Å². The predicted molar refractivity (Wildman–Crippen MR) is 64.1 cm³/mol. The highest BCUT2D eigenvalue weighted by Crippen LogP contribution is 2.23. The van der Waals surface area contributed by atoms with Crippen molar-refractivity contribution in [2.75, 3.05) is 6.54 Å². The van der Waals surface area contributed by atoms with E-state index in [2.05, 4.69) is 46.1 Å². The Morgan fingerprint density at radius 2 is 2.19 bits per heavy atom. The summed E-state index contributed by atoms with van der Waals surface area (Å²) < 4.78 is 2.32. The Hall–Kier alpha value is -1.61. The number of hydrogen-bond donors (Lipinski definition) is 1. The third-order valence-corrected chi connectivity index (χ3v) is 3.14. The Balaban J connectivity index is 2.13. The van der Waals surface area contributed by atoms with Gasteiger partial charge < -0.3 is 9.88 Å². The van der Waals surface area contributed by atoms with Crippen LogP contribution in [-0.4, -0.2) is 16.1 Å². The summed E-state index contributed by atoms with van der Waals surface area (Å²) in [7, 11) is 0. The maximum atomic E-state index is 4.55. The molecule has 0 radical (unpaired) electrons. The molecule has 3 rings (SSSR count). The fourth-order valence-corrected chi connectivity index (χ4v) is 2.25. The molecule has 3 heteroatoms. The molecular weight excluding hydrogens is 198 g/mol. The molecule has 0 bridgehead atoms. The van der Waals surface area contributed by atoms with Crippen LogP contribution in [0.3, 0.4) is 0 Å². The van der Waals surface area contributed by atoms with Crippen LogP contribution in [0.15, 0.2) is 30.5 Å². The van der Waals surface area contributed by atoms with E-state index < -0.39 is 0 Å². The summed E-state index contributed by atoms with van der Waals surface area (Å²) in [6.07, 6.45) is 1.98. The number of fused-ring (bicyclic) bond motifs is 1. The highest BCUT2D eigenvalue weighted by molar-refractivity contribution is 5.60. The molecule has 2 heterocycles. The average molecular weight is 213 g/mol. The van der Waals surface area contributed by atoms with Crippen molar-refractivity contribution in [1.82, 2.24) is 14.9 Å². The maximum Gasteiger partial charge on any atom is 0.140 e. The smallest absolute Gasteiger partial charge is 0.140 e. The van der Waals surface area contributed by atoms with Gasteiger partial charge in [-0.25, -0.2) is 4.98 Å². The lowest BCUT2D eigenvalue weighted by atomic mass is 10.1. The number of nitrogens with zero attached hydrogens (tertiary/aromatic N) is 2. The zero-order valence-corrected chi connectivity index (χ0v) is 9.40. The molecule has 0 amide bonds. The first-order chi connectivity index (χ1) is 7.86. The van der Waals surface area contributed by atoms with Crippen molar-refractivity contribution in [2.24, 2.45) is 0 Å². The van der Waals surface area contributed by atoms with Crippen molar-refractivity contribution in [1.29, 1.82) is 0 Å². The van der Waals surface area contributed by atoms with Gasteiger partial charge in [0.25, 0.3) is 0 Å². The Kier molecular flexibility index (Phi) is 2.26. The normalized spacial score (nSPS) is 14.8. The minimum atomic E-state index is 0.929. The monoisotopic (exact) mass is 213 g/mol. The maximum absolute atomic E-state index is 4.55. The van der Waals surface area contributed by atoms with Gasteiger partial charge in [-0.05, 0) is 12.5 Å². The molecule has 0 fully saturated rings. The number of imidazole rings is 1. The predicted octanol–water partition coefficient (Wildman–Crippen LogP) is 1.96. The van der Waals surface area contributed by atoms with E-state index in [1.807, 2.05) is 6.20 Å². The quantitative estimate of drug-likeness (QED) is 0.784. The van der Waals surface area contributed by atoms with Crippen LogP contribution in [0.5, 0.6) is 0 Å². The summed E-state index contributed by atoms with van der Waals surface area (Å²) in [5, 5.41) is 3.36. The third-order valence-electron chi connectivity index (χ3n) is 3.14. The Morgan fingerprint density at radius 3 is 3.06 bits per heavy atom. The van der Waals surface area contributed by atoms with Crippen LogP contribution in [0.1, 0.15) is 11.3 Å². The van der Waals surface area contributed by atoms with Gasteiger partial charge in [-0.1, -0.05) is 24.3 Å². The SMILES string of the molecule is Cc1ccccc1-c1ncc2n1CCNC2. The van der Waals surface area contributed by atoms with Crippen molar-refractivity contribution < 1.29 is 0 Å². The minimum Gasteiger partial charge on any atom is -0.326 e. The summed E-state index contributed by atoms with van der Waals surface area (Å²) in [6, 6.07) is 8.43. The Labute approximate surface area is 95.1 Å². The van der Waals surface area contributed by atoms with Gasteiger partial charge >= 0.3 is 0 Å². The van der Waals surface area contributed by atoms with Crippen molar-refractivity contribution in [2.45, 2.75) is 20.0 Å². The largest absolute Gasteiger partial charge is 0.326 e. The van der Waals surface area contributed by atoms with Crippen LogP contribution in [0.25, 0.3) is 11.4 Å².